The van der Waals surface area contributed by atoms with E-state index in [9.17, 15) is 8.42 Å². The summed E-state index contributed by atoms with van der Waals surface area (Å²) < 4.78 is 27.2. The van der Waals surface area contributed by atoms with Gasteiger partial charge < -0.3 is 5.73 Å². The van der Waals surface area contributed by atoms with Crippen LogP contribution in [0.5, 0.6) is 0 Å². The van der Waals surface area contributed by atoms with E-state index in [-0.39, 0.29) is 22.5 Å². The van der Waals surface area contributed by atoms with Gasteiger partial charge in [-0.25, -0.2) is 13.1 Å². The van der Waals surface area contributed by atoms with Crippen LogP contribution >= 0.6 is 35.0 Å². The van der Waals surface area contributed by atoms with Gasteiger partial charge in [-0.15, -0.1) is 0 Å². The van der Waals surface area contributed by atoms with Crippen molar-refractivity contribution >= 4 is 45.0 Å². The molecule has 0 radical (unpaired) electrons. The van der Waals surface area contributed by atoms with Crippen molar-refractivity contribution in [3.05, 3.63) is 27.7 Å². The van der Waals surface area contributed by atoms with Gasteiger partial charge in [0, 0.05) is 28.9 Å². The van der Waals surface area contributed by atoms with Gasteiger partial charge in [-0.05, 0) is 24.8 Å². The maximum atomic E-state index is 12.3. The van der Waals surface area contributed by atoms with Crippen molar-refractivity contribution in [2.75, 3.05) is 11.5 Å². The SMILES string of the molecule is CCSCC(C)NS(=O)(=O)c1ccc(Cl)c(CN)c1Cl. The monoisotopic (exact) mass is 356 g/mol. The normalized spacial score (nSPS) is 13.4. The molecule has 0 aliphatic heterocycles. The first-order valence-electron chi connectivity index (χ1n) is 6.10. The highest BCUT2D eigenvalue weighted by molar-refractivity contribution is 7.99. The maximum Gasteiger partial charge on any atom is 0.242 e. The Hall–Kier alpha value is 0.0200. The van der Waals surface area contributed by atoms with Crippen molar-refractivity contribution in [1.82, 2.24) is 4.72 Å². The molecule has 1 atom stereocenters. The van der Waals surface area contributed by atoms with E-state index in [0.29, 0.717) is 16.3 Å². The van der Waals surface area contributed by atoms with Gasteiger partial charge in [-0.1, -0.05) is 30.1 Å². The highest BCUT2D eigenvalue weighted by atomic mass is 35.5. The zero-order valence-corrected chi connectivity index (χ0v) is 14.5. The number of thioether (sulfide) groups is 1. The molecule has 1 rings (SSSR count). The summed E-state index contributed by atoms with van der Waals surface area (Å²) in [7, 11) is -3.68. The summed E-state index contributed by atoms with van der Waals surface area (Å²) in [5, 5.41) is 0.453. The van der Waals surface area contributed by atoms with Crippen molar-refractivity contribution in [3.8, 4) is 0 Å². The first-order chi connectivity index (χ1) is 9.33. The number of benzene rings is 1. The van der Waals surface area contributed by atoms with E-state index >= 15 is 0 Å². The second-order valence-electron chi connectivity index (χ2n) is 4.22. The van der Waals surface area contributed by atoms with Crippen molar-refractivity contribution in [2.45, 2.75) is 31.3 Å². The van der Waals surface area contributed by atoms with E-state index in [2.05, 4.69) is 4.72 Å². The van der Waals surface area contributed by atoms with Gasteiger partial charge in [-0.3, -0.25) is 0 Å². The molecule has 8 heteroatoms. The number of rotatable bonds is 7. The Morgan fingerprint density at radius 3 is 2.60 bits per heavy atom. The fraction of sp³-hybridized carbons (Fsp3) is 0.500. The molecule has 1 aromatic carbocycles. The molecule has 0 aliphatic carbocycles. The van der Waals surface area contributed by atoms with Crippen molar-refractivity contribution < 1.29 is 8.42 Å². The molecule has 0 aromatic heterocycles. The Bertz CT molecular complexity index is 565. The Balaban J connectivity index is 3.04. The Morgan fingerprint density at radius 2 is 2.05 bits per heavy atom. The summed E-state index contributed by atoms with van der Waals surface area (Å²) in [4.78, 5) is 0.0114. The molecule has 0 aliphatic rings. The third-order valence-electron chi connectivity index (χ3n) is 2.57. The summed E-state index contributed by atoms with van der Waals surface area (Å²) in [6.45, 7) is 3.92. The average Bonchev–Trinajstić information content (AvgIpc) is 2.36. The first kappa shape index (κ1) is 18.1. The molecule has 0 saturated carbocycles. The first-order valence-corrected chi connectivity index (χ1v) is 9.49. The number of nitrogens with one attached hydrogen (secondary N) is 1. The van der Waals surface area contributed by atoms with Crippen LogP contribution in [0.4, 0.5) is 0 Å². The van der Waals surface area contributed by atoms with E-state index in [1.54, 1.807) is 11.8 Å². The summed E-state index contributed by atoms with van der Waals surface area (Å²) in [6.07, 6.45) is 0. The van der Waals surface area contributed by atoms with E-state index in [4.69, 9.17) is 28.9 Å². The Labute approximate surface area is 134 Å². The molecule has 20 heavy (non-hydrogen) atoms. The van der Waals surface area contributed by atoms with Gasteiger partial charge in [0.05, 0.1) is 5.02 Å². The van der Waals surface area contributed by atoms with Crippen LogP contribution in [0.25, 0.3) is 0 Å². The third kappa shape index (κ3) is 4.51. The lowest BCUT2D eigenvalue weighted by molar-refractivity contribution is 0.571. The zero-order valence-electron chi connectivity index (χ0n) is 11.3. The molecule has 0 heterocycles. The predicted molar refractivity (Wildman–Crippen MR) is 87.1 cm³/mol. The lowest BCUT2D eigenvalue weighted by Gasteiger charge is -2.16. The summed E-state index contributed by atoms with van der Waals surface area (Å²) in [5.41, 5.74) is 5.98. The molecular formula is C12H18Cl2N2O2S2. The van der Waals surface area contributed by atoms with Crippen LogP contribution in [0, 0.1) is 0 Å². The van der Waals surface area contributed by atoms with Gasteiger partial charge in [-0.2, -0.15) is 11.8 Å². The quantitative estimate of drug-likeness (QED) is 0.787. The zero-order chi connectivity index (χ0) is 15.3. The third-order valence-corrected chi connectivity index (χ3v) is 6.25. The van der Waals surface area contributed by atoms with Crippen LogP contribution in [-0.4, -0.2) is 26.0 Å². The minimum Gasteiger partial charge on any atom is -0.326 e. The van der Waals surface area contributed by atoms with Gasteiger partial charge in [0.2, 0.25) is 10.0 Å². The number of halogens is 2. The number of hydrogen-bond acceptors (Lipinski definition) is 4. The topological polar surface area (TPSA) is 72.2 Å². The van der Waals surface area contributed by atoms with E-state index in [1.807, 2.05) is 13.8 Å². The lowest BCUT2D eigenvalue weighted by Crippen LogP contribution is -2.34. The molecule has 0 spiro atoms. The molecule has 114 valence electrons. The van der Waals surface area contributed by atoms with Crippen molar-refractivity contribution in [3.63, 3.8) is 0 Å². The fourth-order valence-corrected chi connectivity index (χ4v) is 4.58. The molecule has 1 unspecified atom stereocenters. The van der Waals surface area contributed by atoms with E-state index in [1.165, 1.54) is 12.1 Å². The second-order valence-corrected chi connectivity index (χ2v) is 8.01. The van der Waals surface area contributed by atoms with Crippen LogP contribution in [0.3, 0.4) is 0 Å². The summed E-state index contributed by atoms with van der Waals surface area (Å²) >= 11 is 13.7. The Kier molecular flexibility index (Phi) is 7.11. The minimum atomic E-state index is -3.68. The molecule has 0 fully saturated rings. The lowest BCUT2D eigenvalue weighted by atomic mass is 10.2. The number of sulfonamides is 1. The van der Waals surface area contributed by atoms with Crippen LogP contribution in [-0.2, 0) is 16.6 Å². The molecule has 3 N–H and O–H groups in total. The Morgan fingerprint density at radius 1 is 1.40 bits per heavy atom. The highest BCUT2D eigenvalue weighted by Crippen LogP contribution is 2.30. The van der Waals surface area contributed by atoms with Crippen LogP contribution in [0.1, 0.15) is 19.4 Å². The van der Waals surface area contributed by atoms with Crippen LogP contribution in [0.2, 0.25) is 10.0 Å². The smallest absolute Gasteiger partial charge is 0.242 e. The number of hydrogen-bond donors (Lipinski definition) is 2. The molecule has 0 saturated heterocycles. The van der Waals surface area contributed by atoms with Crippen LogP contribution in [0.15, 0.2) is 17.0 Å². The van der Waals surface area contributed by atoms with E-state index in [0.717, 1.165) is 5.75 Å². The summed E-state index contributed by atoms with van der Waals surface area (Å²) in [5.74, 6) is 1.63. The molecule has 4 nitrogen and oxygen atoms in total. The van der Waals surface area contributed by atoms with E-state index < -0.39 is 10.0 Å². The standard InChI is InChI=1S/C12H18Cl2N2O2S2/c1-3-19-7-8(2)16-20(17,18)11-5-4-10(13)9(6-15)12(11)14/h4-5,8,16H,3,6-7,15H2,1-2H3. The highest BCUT2D eigenvalue weighted by Gasteiger charge is 2.22. The van der Waals surface area contributed by atoms with Gasteiger partial charge in [0.25, 0.3) is 0 Å². The molecular weight excluding hydrogens is 339 g/mol. The second kappa shape index (κ2) is 7.87. The van der Waals surface area contributed by atoms with Crippen molar-refractivity contribution in [2.24, 2.45) is 5.73 Å². The minimum absolute atomic E-state index is 0.0114. The molecule has 0 amide bonds. The largest absolute Gasteiger partial charge is 0.326 e. The average molecular weight is 357 g/mol. The maximum absolute atomic E-state index is 12.3. The van der Waals surface area contributed by atoms with Gasteiger partial charge >= 0.3 is 0 Å². The van der Waals surface area contributed by atoms with Gasteiger partial charge in [0.15, 0.2) is 0 Å². The van der Waals surface area contributed by atoms with Gasteiger partial charge in [0.1, 0.15) is 4.90 Å². The van der Waals surface area contributed by atoms with Crippen molar-refractivity contribution in [1.29, 1.82) is 0 Å². The molecule has 1 aromatic rings. The number of nitrogens with two attached hydrogens (primary N) is 1. The van der Waals surface area contributed by atoms with Crippen LogP contribution < -0.4 is 10.5 Å². The molecule has 0 bridgehead atoms. The summed E-state index contributed by atoms with van der Waals surface area (Å²) in [6, 6.07) is 2.71. The predicted octanol–water partition coefficient (Wildman–Crippen LogP) is 2.87. The fourth-order valence-electron chi connectivity index (χ4n) is 1.63.